The van der Waals surface area contributed by atoms with Crippen LogP contribution in [0.3, 0.4) is 0 Å². The molecule has 1 saturated carbocycles. The predicted molar refractivity (Wildman–Crippen MR) is 75.6 cm³/mol. The van der Waals surface area contributed by atoms with Gasteiger partial charge in [0.25, 0.3) is 0 Å². The third-order valence-electron chi connectivity index (χ3n) is 5.23. The van der Waals surface area contributed by atoms with Crippen LogP contribution in [0.2, 0.25) is 0 Å². The molecule has 0 bridgehead atoms. The van der Waals surface area contributed by atoms with Gasteiger partial charge < -0.3 is 0 Å². The molecule has 2 N–H and O–H groups in total. The molecule has 3 fully saturated rings. The first kappa shape index (κ1) is 14.0. The Bertz CT molecular complexity index is 497. The van der Waals surface area contributed by atoms with Gasteiger partial charge in [0, 0.05) is 0 Å². The van der Waals surface area contributed by atoms with E-state index in [0.717, 1.165) is 22.1 Å². The van der Waals surface area contributed by atoms with Crippen LogP contribution in [0.1, 0.15) is 32.1 Å². The van der Waals surface area contributed by atoms with Crippen molar-refractivity contribution in [2.45, 2.75) is 47.7 Å². The fraction of sp³-hybridized carbons (Fsp3) is 0.733. The Hall–Kier alpha value is -0.630. The molecule has 0 spiro atoms. The number of piperazine rings is 1. The zero-order valence-electron chi connectivity index (χ0n) is 12.0. The number of ether oxygens (including phenoxy) is 1. The molecule has 4 rings (SSSR count). The van der Waals surface area contributed by atoms with Crippen molar-refractivity contribution in [1.29, 1.82) is 0 Å². The molecule has 0 aromatic heterocycles. The summed E-state index contributed by atoms with van der Waals surface area (Å²) in [6.45, 7) is 0.986. The van der Waals surface area contributed by atoms with Crippen LogP contribution in [0, 0.1) is 5.92 Å². The minimum atomic E-state index is -0.127. The number of alkyl halides is 2. The van der Waals surface area contributed by atoms with Crippen molar-refractivity contribution >= 4 is 12.2 Å². The molecule has 5 nitrogen and oxygen atoms in total. The summed E-state index contributed by atoms with van der Waals surface area (Å²) in [7, 11) is 0. The van der Waals surface area contributed by atoms with Crippen molar-refractivity contribution < 1.29 is 30.7 Å². The fourth-order valence-electron chi connectivity index (χ4n) is 3.86. The number of rotatable bonds is 3. The van der Waals surface area contributed by atoms with E-state index in [0.29, 0.717) is 6.29 Å². The van der Waals surface area contributed by atoms with Gasteiger partial charge in [-0.05, 0) is 0 Å². The normalized spacial score (nSPS) is 39.6. The van der Waals surface area contributed by atoms with Gasteiger partial charge >= 0.3 is 135 Å². The quantitative estimate of drug-likeness (QED) is 0.319. The first-order valence-corrected chi connectivity index (χ1v) is 10.6. The molecule has 3 atom stereocenters. The van der Waals surface area contributed by atoms with Gasteiger partial charge in [-0.15, -0.1) is 0 Å². The Morgan fingerprint density at radius 2 is 2.29 bits per heavy atom. The number of nitrogens with zero attached hydrogens (tertiary/aromatic N) is 1. The van der Waals surface area contributed by atoms with E-state index in [1.54, 1.807) is 6.26 Å². The van der Waals surface area contributed by atoms with Gasteiger partial charge in [-0.2, -0.15) is 0 Å². The molecule has 2 saturated heterocycles. The summed E-state index contributed by atoms with van der Waals surface area (Å²) >= 11 is 0.284. The molecule has 0 radical (unpaired) electrons. The average Bonchev–Trinajstić information content (AvgIpc) is 2.99. The first-order valence-electron chi connectivity index (χ1n) is 7.81. The molecule has 0 amide bonds. The van der Waals surface area contributed by atoms with Crippen LogP contribution >= 0.6 is 0 Å². The van der Waals surface area contributed by atoms with E-state index in [9.17, 15) is 4.79 Å². The third-order valence-corrected chi connectivity index (χ3v) is 9.41. The monoisotopic (exact) mass is 402 g/mol. The molecule has 21 heavy (non-hydrogen) atoms. The van der Waals surface area contributed by atoms with Crippen LogP contribution in [0.5, 0.6) is 0 Å². The van der Waals surface area contributed by atoms with Gasteiger partial charge in [-0.1, -0.05) is 0 Å². The summed E-state index contributed by atoms with van der Waals surface area (Å²) in [6.07, 6.45) is 9.00. The maximum absolute atomic E-state index is 10.9. The zero-order valence-corrected chi connectivity index (χ0v) is 14.1. The molecular weight excluding hydrogens is 381 g/mol. The number of fused-ring (bicyclic) bond motifs is 1. The van der Waals surface area contributed by atoms with Gasteiger partial charge in [-0.3, -0.25) is 0 Å². The molecule has 3 aliphatic heterocycles. The number of carbonyl (C=O) groups is 1. The number of hydrogen-bond acceptors (Lipinski definition) is 5. The predicted octanol–water partition coefficient (Wildman–Crippen LogP) is -2.24. The Kier molecular flexibility index (Phi) is 3.69. The van der Waals surface area contributed by atoms with Gasteiger partial charge in [0.15, 0.2) is 0 Å². The van der Waals surface area contributed by atoms with Gasteiger partial charge in [0.05, 0.1) is 0 Å². The average molecular weight is 402 g/mol. The molecule has 6 heteroatoms. The molecule has 3 unspecified atom stereocenters. The van der Waals surface area contributed by atoms with Gasteiger partial charge in [0.1, 0.15) is 0 Å². The SMILES string of the molecule is O=CC1=NC2NC(C3CCC3)(C3CCC[I-]3)CNC2=CO1. The van der Waals surface area contributed by atoms with Gasteiger partial charge in [0.2, 0.25) is 0 Å². The summed E-state index contributed by atoms with van der Waals surface area (Å²) in [5.74, 6) is 0.954. The standard InChI is InChI=1S/C15H21IN3O2/c20-7-13-18-14-11(8-21-13)17-9-15(19-14,10-3-1-4-10)12-5-2-6-16-12/h7-8,10,12,14,17,19H,1-6,9H2/q-1. The Morgan fingerprint density at radius 3 is 2.95 bits per heavy atom. The number of halogens is 1. The molecule has 4 aliphatic rings. The number of aliphatic imine (C=N–C) groups is 1. The second-order valence-corrected chi connectivity index (χ2v) is 9.76. The molecule has 0 aromatic carbocycles. The van der Waals surface area contributed by atoms with E-state index in [1.807, 2.05) is 0 Å². The van der Waals surface area contributed by atoms with Crippen molar-refractivity contribution in [1.82, 2.24) is 10.6 Å². The van der Waals surface area contributed by atoms with E-state index in [-0.39, 0.29) is 38.8 Å². The Labute approximate surface area is 135 Å². The molecule has 3 heterocycles. The van der Waals surface area contributed by atoms with Crippen LogP contribution < -0.4 is 31.8 Å². The van der Waals surface area contributed by atoms with Crippen LogP contribution in [-0.2, 0) is 9.53 Å². The molecular formula is C15H21IN3O2-. The molecule has 0 aromatic rings. The minimum absolute atomic E-state index is 0.127. The van der Waals surface area contributed by atoms with E-state index in [4.69, 9.17) is 4.74 Å². The topological polar surface area (TPSA) is 62.7 Å². The van der Waals surface area contributed by atoms with Crippen LogP contribution in [0.15, 0.2) is 17.0 Å². The number of hydrogen-bond donors (Lipinski definition) is 2. The van der Waals surface area contributed by atoms with Crippen LogP contribution in [-0.4, -0.2) is 38.8 Å². The Balaban J connectivity index is 1.62. The van der Waals surface area contributed by atoms with Crippen molar-refractivity contribution in [3.05, 3.63) is 12.0 Å². The van der Waals surface area contributed by atoms with E-state index >= 15 is 0 Å². The van der Waals surface area contributed by atoms with E-state index < -0.39 is 0 Å². The first-order chi connectivity index (χ1) is 10.3. The van der Waals surface area contributed by atoms with Crippen LogP contribution in [0.25, 0.3) is 0 Å². The zero-order chi connectivity index (χ0) is 14.3. The van der Waals surface area contributed by atoms with Crippen LogP contribution in [0.4, 0.5) is 0 Å². The number of aldehydes is 1. The third kappa shape index (κ3) is 2.30. The summed E-state index contributed by atoms with van der Waals surface area (Å²) in [4.78, 5) is 15.4. The van der Waals surface area contributed by atoms with Crippen molar-refractivity contribution in [2.24, 2.45) is 10.9 Å². The summed E-state index contributed by atoms with van der Waals surface area (Å²) < 4.78 is 7.51. The molecule has 1 aliphatic carbocycles. The van der Waals surface area contributed by atoms with Gasteiger partial charge in [-0.25, -0.2) is 0 Å². The summed E-state index contributed by atoms with van der Waals surface area (Å²) in [6, 6.07) is 0. The van der Waals surface area contributed by atoms with Crippen molar-refractivity contribution in [2.75, 3.05) is 11.0 Å². The maximum atomic E-state index is 10.9. The Morgan fingerprint density at radius 1 is 1.38 bits per heavy atom. The van der Waals surface area contributed by atoms with Crippen molar-refractivity contribution in [3.63, 3.8) is 0 Å². The number of nitrogens with one attached hydrogen (secondary N) is 2. The van der Waals surface area contributed by atoms with E-state index in [2.05, 4.69) is 15.6 Å². The fourth-order valence-corrected chi connectivity index (χ4v) is 8.06. The molecule has 116 valence electrons. The number of carbonyl (C=O) groups excluding carboxylic acids is 1. The second-order valence-electron chi connectivity index (χ2n) is 6.30. The van der Waals surface area contributed by atoms with E-state index in [1.165, 1.54) is 36.5 Å². The summed E-state index contributed by atoms with van der Waals surface area (Å²) in [5.41, 5.74) is 1.16. The van der Waals surface area contributed by atoms with Crippen molar-refractivity contribution in [3.8, 4) is 0 Å². The second kappa shape index (κ2) is 5.53. The summed E-state index contributed by atoms with van der Waals surface area (Å²) in [5, 5.41) is 7.40.